The van der Waals surface area contributed by atoms with Gasteiger partial charge in [0, 0.05) is 19.6 Å². The molecule has 1 N–H and O–H groups in total. The number of likely N-dealkylation sites (N-methyl/N-ethyl adjacent to an activating group) is 1. The van der Waals surface area contributed by atoms with E-state index in [1.165, 1.54) is 4.90 Å². The minimum absolute atomic E-state index is 0.108. The van der Waals surface area contributed by atoms with E-state index in [2.05, 4.69) is 0 Å². The second-order valence-electron chi connectivity index (χ2n) is 3.11. The lowest BCUT2D eigenvalue weighted by Gasteiger charge is -2.37. The van der Waals surface area contributed by atoms with Crippen LogP contribution in [0.2, 0.25) is 0 Å². The molecule has 0 aromatic heterocycles. The Morgan fingerprint density at radius 3 is 2.62 bits per heavy atom. The Labute approximate surface area is 74.7 Å². The zero-order valence-corrected chi connectivity index (χ0v) is 7.28. The number of rotatable bonds is 1. The summed E-state index contributed by atoms with van der Waals surface area (Å²) in [6.07, 6.45) is -3.62. The molecule has 1 unspecified atom stereocenters. The fourth-order valence-corrected chi connectivity index (χ4v) is 1.35. The first-order valence-electron chi connectivity index (χ1n) is 3.98. The molecule has 0 aromatic carbocycles. The third kappa shape index (κ3) is 2.27. The van der Waals surface area contributed by atoms with Gasteiger partial charge in [-0.15, -0.1) is 0 Å². The van der Waals surface area contributed by atoms with Crippen LogP contribution in [0.1, 0.15) is 0 Å². The van der Waals surface area contributed by atoms with Crippen LogP contribution in [0.15, 0.2) is 0 Å². The molecule has 1 atom stereocenters. The van der Waals surface area contributed by atoms with Crippen LogP contribution in [0.3, 0.4) is 0 Å². The van der Waals surface area contributed by atoms with Gasteiger partial charge in [0.2, 0.25) is 0 Å². The number of carboxylic acid groups (broad SMARTS) is 1. The lowest BCUT2D eigenvalue weighted by Crippen LogP contribution is -2.55. The second-order valence-corrected chi connectivity index (χ2v) is 3.11. The SMILES string of the molecule is CN1CCN(C(=O)O)CC1C(F)F. The van der Waals surface area contributed by atoms with Gasteiger partial charge < -0.3 is 10.0 Å². The van der Waals surface area contributed by atoms with Crippen LogP contribution in [0, 0.1) is 0 Å². The largest absolute Gasteiger partial charge is 0.465 e. The molecule has 1 heterocycles. The van der Waals surface area contributed by atoms with Crippen LogP contribution >= 0.6 is 0 Å². The summed E-state index contributed by atoms with van der Waals surface area (Å²) in [6, 6.07) is -0.968. The highest BCUT2D eigenvalue weighted by atomic mass is 19.3. The van der Waals surface area contributed by atoms with Crippen LogP contribution in [0.4, 0.5) is 13.6 Å². The number of nitrogens with zero attached hydrogens (tertiary/aromatic N) is 2. The van der Waals surface area contributed by atoms with E-state index in [-0.39, 0.29) is 6.54 Å². The van der Waals surface area contributed by atoms with Crippen molar-refractivity contribution in [2.24, 2.45) is 0 Å². The first-order chi connectivity index (χ1) is 6.02. The van der Waals surface area contributed by atoms with E-state index in [0.717, 1.165) is 4.90 Å². The quantitative estimate of drug-likeness (QED) is 0.662. The van der Waals surface area contributed by atoms with Crippen LogP contribution in [0.25, 0.3) is 0 Å². The maximum Gasteiger partial charge on any atom is 0.407 e. The van der Waals surface area contributed by atoms with E-state index in [0.29, 0.717) is 13.1 Å². The number of piperazine rings is 1. The summed E-state index contributed by atoms with van der Waals surface area (Å²) in [6.45, 7) is 0.555. The van der Waals surface area contributed by atoms with Crippen LogP contribution in [-0.2, 0) is 0 Å². The van der Waals surface area contributed by atoms with Gasteiger partial charge in [-0.3, -0.25) is 4.90 Å². The lowest BCUT2D eigenvalue weighted by molar-refractivity contribution is -0.00682. The van der Waals surface area contributed by atoms with Crippen LogP contribution < -0.4 is 0 Å². The van der Waals surface area contributed by atoms with Crippen LogP contribution in [0.5, 0.6) is 0 Å². The maximum absolute atomic E-state index is 12.3. The zero-order chi connectivity index (χ0) is 10.0. The molecule has 0 aromatic rings. The monoisotopic (exact) mass is 194 g/mol. The minimum atomic E-state index is -2.49. The minimum Gasteiger partial charge on any atom is -0.465 e. The summed E-state index contributed by atoms with van der Waals surface area (Å²) >= 11 is 0. The van der Waals surface area contributed by atoms with Crippen molar-refractivity contribution in [1.29, 1.82) is 0 Å². The molecule has 0 spiro atoms. The summed E-state index contributed by atoms with van der Waals surface area (Å²) < 4.78 is 24.7. The van der Waals surface area contributed by atoms with Crippen molar-refractivity contribution < 1.29 is 18.7 Å². The predicted molar refractivity (Wildman–Crippen MR) is 42.0 cm³/mol. The lowest BCUT2D eigenvalue weighted by atomic mass is 10.2. The Morgan fingerprint density at radius 2 is 2.15 bits per heavy atom. The van der Waals surface area contributed by atoms with Crippen molar-refractivity contribution in [2.45, 2.75) is 12.5 Å². The molecule has 1 rings (SSSR count). The fraction of sp³-hybridized carbons (Fsp3) is 0.857. The van der Waals surface area contributed by atoms with Crippen molar-refractivity contribution in [3.8, 4) is 0 Å². The molecule has 0 aliphatic carbocycles. The number of alkyl halides is 2. The van der Waals surface area contributed by atoms with Crippen LogP contribution in [-0.4, -0.2) is 60.1 Å². The molecule has 4 nitrogen and oxygen atoms in total. The molecular formula is C7H12F2N2O2. The Bertz CT molecular complexity index is 201. The molecule has 13 heavy (non-hydrogen) atoms. The molecule has 1 fully saturated rings. The first kappa shape index (κ1) is 10.2. The highest BCUT2D eigenvalue weighted by Gasteiger charge is 2.32. The van der Waals surface area contributed by atoms with Gasteiger partial charge in [0.05, 0.1) is 6.04 Å². The second kappa shape index (κ2) is 3.87. The zero-order valence-electron chi connectivity index (χ0n) is 7.28. The van der Waals surface area contributed by atoms with Gasteiger partial charge >= 0.3 is 6.09 Å². The van der Waals surface area contributed by atoms with Crippen molar-refractivity contribution in [2.75, 3.05) is 26.7 Å². The number of carbonyl (C=O) groups is 1. The number of hydrogen-bond donors (Lipinski definition) is 1. The summed E-state index contributed by atoms with van der Waals surface area (Å²) in [5.74, 6) is 0. The van der Waals surface area contributed by atoms with Crippen molar-refractivity contribution in [3.63, 3.8) is 0 Å². The Balaban J connectivity index is 2.58. The number of hydrogen-bond acceptors (Lipinski definition) is 2. The Kier molecular flexibility index (Phi) is 3.02. The fourth-order valence-electron chi connectivity index (χ4n) is 1.35. The average molecular weight is 194 g/mol. The van der Waals surface area contributed by atoms with Crippen molar-refractivity contribution in [1.82, 2.24) is 9.80 Å². The molecule has 6 heteroatoms. The molecule has 1 aliphatic heterocycles. The average Bonchev–Trinajstić information content (AvgIpc) is 2.04. The van der Waals surface area contributed by atoms with Gasteiger partial charge in [-0.25, -0.2) is 13.6 Å². The van der Waals surface area contributed by atoms with Gasteiger partial charge in [-0.05, 0) is 7.05 Å². The van der Waals surface area contributed by atoms with E-state index >= 15 is 0 Å². The van der Waals surface area contributed by atoms with E-state index < -0.39 is 18.6 Å². The van der Waals surface area contributed by atoms with Gasteiger partial charge in [0.15, 0.2) is 0 Å². The maximum atomic E-state index is 12.3. The van der Waals surface area contributed by atoms with Crippen molar-refractivity contribution in [3.05, 3.63) is 0 Å². The molecule has 1 amide bonds. The summed E-state index contributed by atoms with van der Waals surface area (Å²) in [5.41, 5.74) is 0. The summed E-state index contributed by atoms with van der Waals surface area (Å²) in [4.78, 5) is 13.0. The molecule has 76 valence electrons. The molecule has 1 aliphatic rings. The molecule has 1 saturated heterocycles. The van der Waals surface area contributed by atoms with Gasteiger partial charge in [0.1, 0.15) is 0 Å². The first-order valence-corrected chi connectivity index (χ1v) is 3.98. The summed E-state index contributed by atoms with van der Waals surface area (Å²) in [7, 11) is 1.58. The Morgan fingerprint density at radius 1 is 1.54 bits per heavy atom. The topological polar surface area (TPSA) is 43.8 Å². The summed E-state index contributed by atoms with van der Waals surface area (Å²) in [5, 5.41) is 8.59. The van der Waals surface area contributed by atoms with Crippen molar-refractivity contribution >= 4 is 6.09 Å². The third-order valence-corrected chi connectivity index (χ3v) is 2.26. The standard InChI is InChI=1S/C7H12F2N2O2/c1-10-2-3-11(7(12)13)4-5(10)6(8)9/h5-6H,2-4H2,1H3,(H,12,13). The number of halogens is 2. The smallest absolute Gasteiger partial charge is 0.407 e. The van der Waals surface area contributed by atoms with Gasteiger partial charge in [-0.2, -0.15) is 0 Å². The van der Waals surface area contributed by atoms with E-state index in [1.54, 1.807) is 7.05 Å². The molecule has 0 bridgehead atoms. The Hall–Kier alpha value is -0.910. The van der Waals surface area contributed by atoms with E-state index in [9.17, 15) is 13.6 Å². The highest BCUT2D eigenvalue weighted by Crippen LogP contribution is 2.14. The van der Waals surface area contributed by atoms with E-state index in [1.807, 2.05) is 0 Å². The van der Waals surface area contributed by atoms with Gasteiger partial charge in [0.25, 0.3) is 6.43 Å². The molecule has 0 saturated carbocycles. The molecule has 0 radical (unpaired) electrons. The normalized spacial score (nSPS) is 25.2. The van der Waals surface area contributed by atoms with Gasteiger partial charge in [-0.1, -0.05) is 0 Å². The van der Waals surface area contributed by atoms with E-state index in [4.69, 9.17) is 5.11 Å². The number of amides is 1. The molecular weight excluding hydrogens is 182 g/mol. The third-order valence-electron chi connectivity index (χ3n) is 2.26. The predicted octanol–water partition coefficient (Wildman–Crippen LogP) is 0.545. The highest BCUT2D eigenvalue weighted by molar-refractivity contribution is 5.65.